The van der Waals surface area contributed by atoms with Gasteiger partial charge in [-0.2, -0.15) is 5.10 Å². The van der Waals surface area contributed by atoms with E-state index in [0.29, 0.717) is 35.2 Å². The summed E-state index contributed by atoms with van der Waals surface area (Å²) in [6.07, 6.45) is 0.701. The number of aromatic nitrogens is 4. The number of hydrogen-bond donors (Lipinski definition) is 3. The van der Waals surface area contributed by atoms with Crippen LogP contribution in [0.1, 0.15) is 33.4 Å². The number of carbonyl (C=O) groups excluding carboxylic acids is 1. The summed E-state index contributed by atoms with van der Waals surface area (Å²) in [6, 6.07) is 9.63. The van der Waals surface area contributed by atoms with Gasteiger partial charge in [0.1, 0.15) is 11.4 Å². The molecule has 6 nitrogen and oxygen atoms in total. The number of H-pyrrole nitrogens is 2. The van der Waals surface area contributed by atoms with Crippen LogP contribution in [0.5, 0.6) is 0 Å². The molecule has 1 aromatic carbocycles. The highest BCUT2D eigenvalue weighted by molar-refractivity contribution is 6.30. The van der Waals surface area contributed by atoms with Crippen LogP contribution in [0.4, 0.5) is 0 Å². The first kappa shape index (κ1) is 15.0. The maximum absolute atomic E-state index is 12.3. The number of benzene rings is 1. The second kappa shape index (κ2) is 5.79. The molecule has 0 spiro atoms. The van der Waals surface area contributed by atoms with Crippen molar-refractivity contribution >= 4 is 17.5 Å². The molecule has 1 atom stereocenters. The summed E-state index contributed by atoms with van der Waals surface area (Å²) in [5.41, 5.74) is 4.07. The van der Waals surface area contributed by atoms with E-state index in [2.05, 4.69) is 25.5 Å². The molecule has 3 aromatic rings. The van der Waals surface area contributed by atoms with Crippen LogP contribution in [-0.2, 0) is 6.42 Å². The molecule has 3 heterocycles. The second-order valence-electron chi connectivity index (χ2n) is 6.01. The topological polar surface area (TPSA) is 86.5 Å². The first-order chi connectivity index (χ1) is 11.6. The number of aryl methyl sites for hydroxylation is 1. The van der Waals surface area contributed by atoms with Crippen LogP contribution >= 0.6 is 11.6 Å². The Morgan fingerprint density at radius 2 is 2.04 bits per heavy atom. The van der Waals surface area contributed by atoms with Crippen molar-refractivity contribution in [2.75, 3.05) is 6.54 Å². The van der Waals surface area contributed by atoms with E-state index in [4.69, 9.17) is 11.6 Å². The van der Waals surface area contributed by atoms with Crippen molar-refractivity contribution in [3.63, 3.8) is 0 Å². The van der Waals surface area contributed by atoms with E-state index in [1.54, 1.807) is 0 Å². The Labute approximate surface area is 143 Å². The van der Waals surface area contributed by atoms with Crippen molar-refractivity contribution < 1.29 is 4.79 Å². The lowest BCUT2D eigenvalue weighted by Gasteiger charge is -2.14. The zero-order valence-corrected chi connectivity index (χ0v) is 13.8. The van der Waals surface area contributed by atoms with Gasteiger partial charge >= 0.3 is 0 Å². The number of rotatable bonds is 2. The molecular formula is C17H16ClN5O. The van der Waals surface area contributed by atoms with Crippen LogP contribution in [0.2, 0.25) is 5.02 Å². The van der Waals surface area contributed by atoms with Gasteiger partial charge in [-0.15, -0.1) is 0 Å². The van der Waals surface area contributed by atoms with E-state index in [9.17, 15) is 4.79 Å². The lowest BCUT2D eigenvalue weighted by atomic mass is 9.94. The molecule has 2 aromatic heterocycles. The number of nitrogens with one attached hydrogen (secondary N) is 3. The smallest absolute Gasteiger partial charge is 0.271 e. The Bertz CT molecular complexity index is 896. The highest BCUT2D eigenvalue weighted by atomic mass is 35.5. The number of aromatic amines is 2. The molecule has 0 saturated heterocycles. The average Bonchev–Trinajstić information content (AvgIpc) is 3.15. The van der Waals surface area contributed by atoms with Gasteiger partial charge in [0.25, 0.3) is 5.91 Å². The van der Waals surface area contributed by atoms with E-state index in [0.717, 1.165) is 17.0 Å². The lowest BCUT2D eigenvalue weighted by molar-refractivity contribution is 0.0950. The Kier molecular flexibility index (Phi) is 3.61. The van der Waals surface area contributed by atoms with Gasteiger partial charge in [-0.05, 0) is 37.1 Å². The predicted octanol–water partition coefficient (Wildman–Crippen LogP) is 2.83. The zero-order valence-electron chi connectivity index (χ0n) is 13.1. The fraction of sp³-hybridized carbons (Fsp3) is 0.235. The van der Waals surface area contributed by atoms with Crippen LogP contribution < -0.4 is 5.32 Å². The molecule has 24 heavy (non-hydrogen) atoms. The molecule has 0 unspecified atom stereocenters. The molecule has 122 valence electrons. The maximum Gasteiger partial charge on any atom is 0.271 e. The van der Waals surface area contributed by atoms with Gasteiger partial charge in [0.2, 0.25) is 0 Å². The van der Waals surface area contributed by atoms with Gasteiger partial charge in [0.05, 0.1) is 0 Å². The molecule has 1 aliphatic heterocycles. The summed E-state index contributed by atoms with van der Waals surface area (Å²) in [4.78, 5) is 20.1. The normalized spacial score (nSPS) is 17.2. The van der Waals surface area contributed by atoms with Gasteiger partial charge < -0.3 is 10.3 Å². The molecule has 0 bridgehead atoms. The Balaban J connectivity index is 1.69. The fourth-order valence-electron chi connectivity index (χ4n) is 2.99. The van der Waals surface area contributed by atoms with Crippen LogP contribution in [0, 0.1) is 6.92 Å². The predicted molar refractivity (Wildman–Crippen MR) is 91.1 cm³/mol. The molecule has 0 radical (unpaired) electrons. The van der Waals surface area contributed by atoms with Crippen molar-refractivity contribution in [2.24, 2.45) is 0 Å². The molecule has 0 aliphatic carbocycles. The minimum Gasteiger partial charge on any atom is -0.350 e. The Hall–Kier alpha value is -2.60. The number of nitrogens with zero attached hydrogens (tertiary/aromatic N) is 2. The van der Waals surface area contributed by atoms with Crippen molar-refractivity contribution in [3.8, 4) is 11.5 Å². The number of carbonyl (C=O) groups is 1. The summed E-state index contributed by atoms with van der Waals surface area (Å²) in [7, 11) is 0. The van der Waals surface area contributed by atoms with E-state index in [1.165, 1.54) is 0 Å². The molecular weight excluding hydrogens is 326 g/mol. The van der Waals surface area contributed by atoms with E-state index in [-0.39, 0.29) is 11.8 Å². The first-order valence-corrected chi connectivity index (χ1v) is 8.13. The zero-order chi connectivity index (χ0) is 16.7. The molecule has 1 amide bonds. The van der Waals surface area contributed by atoms with Gasteiger partial charge in [-0.3, -0.25) is 9.89 Å². The van der Waals surface area contributed by atoms with Crippen LogP contribution in [0.15, 0.2) is 30.3 Å². The second-order valence-corrected chi connectivity index (χ2v) is 6.45. The summed E-state index contributed by atoms with van der Waals surface area (Å²) in [6.45, 7) is 2.50. The number of imidazole rings is 1. The third-order valence-electron chi connectivity index (χ3n) is 4.24. The third-order valence-corrected chi connectivity index (χ3v) is 4.50. The third kappa shape index (κ3) is 2.69. The van der Waals surface area contributed by atoms with Gasteiger partial charge in [-0.25, -0.2) is 4.98 Å². The van der Waals surface area contributed by atoms with Crippen LogP contribution in [0.3, 0.4) is 0 Å². The largest absolute Gasteiger partial charge is 0.350 e. The summed E-state index contributed by atoms with van der Waals surface area (Å²) >= 11 is 5.96. The number of fused-ring (bicyclic) bond motifs is 1. The average molecular weight is 342 g/mol. The van der Waals surface area contributed by atoms with Crippen molar-refractivity contribution in [1.82, 2.24) is 25.5 Å². The Morgan fingerprint density at radius 1 is 1.25 bits per heavy atom. The first-order valence-electron chi connectivity index (χ1n) is 7.75. The number of hydrogen-bond acceptors (Lipinski definition) is 3. The summed E-state index contributed by atoms with van der Waals surface area (Å²) < 4.78 is 0. The van der Waals surface area contributed by atoms with E-state index >= 15 is 0 Å². The van der Waals surface area contributed by atoms with Crippen LogP contribution in [-0.4, -0.2) is 32.6 Å². The SMILES string of the molecule is Cc1cc(-c2nc3c([nH]2)C[C@@H](c2ccc(Cl)cc2)CNC3=O)n[nH]1. The summed E-state index contributed by atoms with van der Waals surface area (Å²) in [5.74, 6) is 0.620. The molecule has 3 N–H and O–H groups in total. The maximum atomic E-state index is 12.3. The minimum absolute atomic E-state index is 0.156. The van der Waals surface area contributed by atoms with E-state index in [1.807, 2.05) is 37.3 Å². The lowest BCUT2D eigenvalue weighted by Crippen LogP contribution is -2.26. The standard InChI is InChI=1S/C17H16ClN5O/c1-9-6-14(23-22-9)16-20-13-7-11(8-19-17(24)15(13)21-16)10-2-4-12(18)5-3-10/h2-6,11H,7-8H2,1H3,(H,19,24)(H,20,21)(H,22,23)/t11-/m1/s1. The van der Waals surface area contributed by atoms with Gasteiger partial charge in [0, 0.05) is 28.9 Å². The highest BCUT2D eigenvalue weighted by Crippen LogP contribution is 2.27. The van der Waals surface area contributed by atoms with Crippen molar-refractivity contribution in [1.29, 1.82) is 0 Å². The van der Waals surface area contributed by atoms with Crippen molar-refractivity contribution in [3.05, 3.63) is 58.0 Å². The molecule has 4 rings (SSSR count). The minimum atomic E-state index is -0.156. The Morgan fingerprint density at radius 3 is 2.75 bits per heavy atom. The van der Waals surface area contributed by atoms with E-state index < -0.39 is 0 Å². The summed E-state index contributed by atoms with van der Waals surface area (Å²) in [5, 5.41) is 10.7. The molecule has 0 fully saturated rings. The highest BCUT2D eigenvalue weighted by Gasteiger charge is 2.26. The molecule has 0 saturated carbocycles. The van der Waals surface area contributed by atoms with Gasteiger partial charge in [0.15, 0.2) is 5.82 Å². The fourth-order valence-corrected chi connectivity index (χ4v) is 3.12. The quantitative estimate of drug-likeness (QED) is 0.670. The molecule has 1 aliphatic rings. The molecule has 7 heteroatoms. The number of halogens is 1. The monoisotopic (exact) mass is 341 g/mol. The van der Waals surface area contributed by atoms with Gasteiger partial charge in [-0.1, -0.05) is 23.7 Å². The van der Waals surface area contributed by atoms with Crippen LogP contribution in [0.25, 0.3) is 11.5 Å². The van der Waals surface area contributed by atoms with Crippen molar-refractivity contribution in [2.45, 2.75) is 19.3 Å². The number of amides is 1.